The van der Waals surface area contributed by atoms with Crippen LogP contribution in [0.3, 0.4) is 0 Å². The fraction of sp³-hybridized carbons (Fsp3) is 0.188. The summed E-state index contributed by atoms with van der Waals surface area (Å²) in [6.07, 6.45) is 0. The molecule has 0 amide bonds. The molecule has 0 bridgehead atoms. The second-order valence-electron chi connectivity index (χ2n) is 5.30. The van der Waals surface area contributed by atoms with Crippen molar-refractivity contribution in [3.63, 3.8) is 0 Å². The Morgan fingerprint density at radius 1 is 1.09 bits per heavy atom. The van der Waals surface area contributed by atoms with Crippen LogP contribution >= 0.6 is 11.6 Å². The summed E-state index contributed by atoms with van der Waals surface area (Å²) < 4.78 is 27.4. The predicted molar refractivity (Wildman–Crippen MR) is 88.0 cm³/mol. The highest BCUT2D eigenvalue weighted by atomic mass is 35.5. The van der Waals surface area contributed by atoms with E-state index in [-0.39, 0.29) is 4.90 Å². The number of aryl methyl sites for hydroxylation is 3. The summed E-state index contributed by atoms with van der Waals surface area (Å²) in [7, 11) is -3.72. The number of benzene rings is 1. The van der Waals surface area contributed by atoms with Crippen LogP contribution < -0.4 is 0 Å². The van der Waals surface area contributed by atoms with E-state index < -0.39 is 10.0 Å². The summed E-state index contributed by atoms with van der Waals surface area (Å²) in [6.45, 7) is 5.31. The zero-order valence-corrected chi connectivity index (χ0v) is 14.0. The number of hydrogen-bond donors (Lipinski definition) is 0. The van der Waals surface area contributed by atoms with Gasteiger partial charge in [0.1, 0.15) is 0 Å². The smallest absolute Gasteiger partial charge is 0.234 e. The van der Waals surface area contributed by atoms with Crippen LogP contribution in [0, 0.1) is 20.8 Å². The van der Waals surface area contributed by atoms with E-state index in [2.05, 4.69) is 4.98 Å². The summed E-state index contributed by atoms with van der Waals surface area (Å²) in [5.41, 5.74) is 2.32. The van der Waals surface area contributed by atoms with E-state index in [1.54, 1.807) is 51.1 Å². The third-order valence-corrected chi connectivity index (χ3v) is 5.86. The second kappa shape index (κ2) is 5.11. The first-order valence-electron chi connectivity index (χ1n) is 6.79. The van der Waals surface area contributed by atoms with Gasteiger partial charge in [0.05, 0.1) is 9.92 Å². The van der Waals surface area contributed by atoms with Gasteiger partial charge in [-0.1, -0.05) is 29.8 Å². The number of nitrogens with zero attached hydrogens (tertiary/aromatic N) is 2. The molecule has 114 valence electrons. The molecule has 0 N–H and O–H groups in total. The molecule has 6 heteroatoms. The molecule has 0 aliphatic heterocycles. The molecule has 0 atom stereocenters. The molecule has 1 aromatic carbocycles. The minimum Gasteiger partial charge on any atom is -0.234 e. The molecule has 0 aliphatic carbocycles. The largest absolute Gasteiger partial charge is 0.269 e. The van der Waals surface area contributed by atoms with Gasteiger partial charge in [-0.25, -0.2) is 17.4 Å². The number of rotatable bonds is 2. The van der Waals surface area contributed by atoms with Crippen LogP contribution in [0.5, 0.6) is 0 Å². The van der Waals surface area contributed by atoms with E-state index >= 15 is 0 Å². The Morgan fingerprint density at radius 2 is 1.77 bits per heavy atom. The maximum Gasteiger partial charge on any atom is 0.269 e. The average molecular weight is 335 g/mol. The molecule has 3 aromatic rings. The zero-order chi connectivity index (χ0) is 16.1. The van der Waals surface area contributed by atoms with Crippen molar-refractivity contribution in [3.05, 3.63) is 58.4 Å². The highest BCUT2D eigenvalue weighted by Crippen LogP contribution is 2.30. The lowest BCUT2D eigenvalue weighted by Crippen LogP contribution is -2.16. The van der Waals surface area contributed by atoms with Gasteiger partial charge in [-0.05, 0) is 44.5 Å². The van der Waals surface area contributed by atoms with Crippen molar-refractivity contribution in [3.8, 4) is 0 Å². The highest BCUT2D eigenvalue weighted by molar-refractivity contribution is 7.90. The zero-order valence-electron chi connectivity index (χ0n) is 12.5. The third kappa shape index (κ3) is 2.21. The Kier molecular flexibility index (Phi) is 3.50. The maximum absolute atomic E-state index is 13.1. The van der Waals surface area contributed by atoms with Gasteiger partial charge in [0.15, 0.2) is 5.65 Å². The lowest BCUT2D eigenvalue weighted by atomic mass is 10.2. The van der Waals surface area contributed by atoms with Gasteiger partial charge in [-0.15, -0.1) is 0 Å². The number of aromatic nitrogens is 2. The average Bonchev–Trinajstić information content (AvgIpc) is 2.76. The van der Waals surface area contributed by atoms with Gasteiger partial charge in [0.25, 0.3) is 10.0 Å². The Bertz CT molecular complexity index is 991. The van der Waals surface area contributed by atoms with Gasteiger partial charge < -0.3 is 0 Å². The molecule has 3 rings (SSSR count). The fourth-order valence-electron chi connectivity index (χ4n) is 2.60. The van der Waals surface area contributed by atoms with Crippen molar-refractivity contribution in [2.24, 2.45) is 0 Å². The van der Waals surface area contributed by atoms with Gasteiger partial charge in [0, 0.05) is 16.8 Å². The molecule has 0 saturated carbocycles. The number of fused-ring (bicyclic) bond motifs is 1. The molecule has 0 radical (unpaired) electrons. The minimum absolute atomic E-state index is 0.273. The topological polar surface area (TPSA) is 52.0 Å². The van der Waals surface area contributed by atoms with E-state index in [0.717, 1.165) is 0 Å². The summed E-state index contributed by atoms with van der Waals surface area (Å²) in [4.78, 5) is 4.65. The van der Waals surface area contributed by atoms with Crippen molar-refractivity contribution in [2.45, 2.75) is 25.7 Å². The Hall–Kier alpha value is -1.85. The first kappa shape index (κ1) is 15.1. The van der Waals surface area contributed by atoms with Crippen LogP contribution in [-0.2, 0) is 10.0 Å². The predicted octanol–water partition coefficient (Wildman–Crippen LogP) is 3.85. The molecule has 2 aromatic heterocycles. The van der Waals surface area contributed by atoms with E-state index in [4.69, 9.17) is 11.6 Å². The Labute approximate surface area is 134 Å². The first-order valence-corrected chi connectivity index (χ1v) is 8.60. The maximum atomic E-state index is 13.1. The Morgan fingerprint density at radius 3 is 2.45 bits per heavy atom. The van der Waals surface area contributed by atoms with Crippen LogP contribution in [0.1, 0.15) is 17.0 Å². The van der Waals surface area contributed by atoms with Crippen molar-refractivity contribution < 1.29 is 8.42 Å². The van der Waals surface area contributed by atoms with Crippen molar-refractivity contribution >= 4 is 32.7 Å². The van der Waals surface area contributed by atoms with Crippen LogP contribution in [-0.4, -0.2) is 17.4 Å². The lowest BCUT2D eigenvalue weighted by Gasteiger charge is -2.11. The number of hydrogen-bond acceptors (Lipinski definition) is 3. The molecule has 0 unspecified atom stereocenters. The summed E-state index contributed by atoms with van der Waals surface area (Å²) in [5.74, 6) is 0. The lowest BCUT2D eigenvalue weighted by molar-refractivity contribution is 0.587. The quantitative estimate of drug-likeness (QED) is 0.715. The van der Waals surface area contributed by atoms with Crippen molar-refractivity contribution in [1.82, 2.24) is 8.96 Å². The molecule has 2 heterocycles. The fourth-order valence-corrected chi connectivity index (χ4v) is 4.62. The van der Waals surface area contributed by atoms with Crippen LogP contribution in [0.4, 0.5) is 0 Å². The van der Waals surface area contributed by atoms with Crippen molar-refractivity contribution in [1.29, 1.82) is 0 Å². The molecule has 0 fully saturated rings. The standard InChI is InChI=1S/C16H15ClN2O2S/c1-10-6-4-5-7-15(10)22(20,21)19-12(3)9-13-14(17)8-11(2)18-16(13)19/h4-9H,1-3H3. The molecule has 4 nitrogen and oxygen atoms in total. The molecule has 0 saturated heterocycles. The third-order valence-electron chi connectivity index (χ3n) is 3.59. The van der Waals surface area contributed by atoms with E-state index in [0.29, 0.717) is 33.0 Å². The van der Waals surface area contributed by atoms with E-state index in [1.807, 2.05) is 6.07 Å². The van der Waals surface area contributed by atoms with Gasteiger partial charge >= 0.3 is 0 Å². The minimum atomic E-state index is -3.72. The molecule has 0 spiro atoms. The summed E-state index contributed by atoms with van der Waals surface area (Å²) in [6, 6.07) is 10.4. The second-order valence-corrected chi connectivity index (χ2v) is 7.47. The van der Waals surface area contributed by atoms with Crippen molar-refractivity contribution in [2.75, 3.05) is 0 Å². The van der Waals surface area contributed by atoms with Crippen LogP contribution in [0.15, 0.2) is 41.3 Å². The first-order chi connectivity index (χ1) is 10.3. The summed E-state index contributed by atoms with van der Waals surface area (Å²) in [5, 5.41) is 1.14. The van der Waals surface area contributed by atoms with Gasteiger partial charge in [-0.2, -0.15) is 0 Å². The normalized spacial score (nSPS) is 12.0. The van der Waals surface area contributed by atoms with Gasteiger partial charge in [0.2, 0.25) is 0 Å². The highest BCUT2D eigenvalue weighted by Gasteiger charge is 2.24. The Balaban J connectivity index is 2.40. The monoisotopic (exact) mass is 334 g/mol. The SMILES string of the molecule is Cc1cc(Cl)c2cc(C)n(S(=O)(=O)c3ccccc3C)c2n1. The molecular weight excluding hydrogens is 320 g/mol. The van der Waals surface area contributed by atoms with E-state index in [9.17, 15) is 8.42 Å². The molecular formula is C16H15ClN2O2S. The number of pyridine rings is 1. The molecule has 22 heavy (non-hydrogen) atoms. The number of halogens is 1. The van der Waals surface area contributed by atoms with Crippen LogP contribution in [0.25, 0.3) is 11.0 Å². The summed E-state index contributed by atoms with van der Waals surface area (Å²) >= 11 is 6.23. The van der Waals surface area contributed by atoms with E-state index in [1.165, 1.54) is 3.97 Å². The van der Waals surface area contributed by atoms with Gasteiger partial charge in [-0.3, -0.25) is 0 Å². The van der Waals surface area contributed by atoms with Crippen LogP contribution in [0.2, 0.25) is 5.02 Å². The molecule has 0 aliphatic rings.